The fraction of sp³-hybridized carbons (Fsp3) is 0.375. The highest BCUT2D eigenvalue weighted by molar-refractivity contribution is 8.00. The first-order valence-corrected chi connectivity index (χ1v) is 4.66. The van der Waals surface area contributed by atoms with Gasteiger partial charge in [0.25, 0.3) is 0 Å². The summed E-state index contributed by atoms with van der Waals surface area (Å²) in [6.45, 7) is 0. The van der Waals surface area contributed by atoms with E-state index in [-0.39, 0.29) is 0 Å². The molecular formula is C8H10NS+. The Kier molecular flexibility index (Phi) is 1.63. The predicted octanol–water partition coefficient (Wildman–Crippen LogP) is 1.26. The third kappa shape index (κ3) is 1.03. The fourth-order valence-corrected chi connectivity index (χ4v) is 1.84. The monoisotopic (exact) mass is 152 g/mol. The number of nitrogens with zero attached hydrogens (tertiary/aromatic N) is 1. The molecule has 52 valence electrons. The van der Waals surface area contributed by atoms with Crippen LogP contribution in [-0.4, -0.2) is 11.5 Å². The quantitative estimate of drug-likeness (QED) is 0.548. The molecule has 0 amide bonds. The molecule has 10 heavy (non-hydrogen) atoms. The normalized spacial score (nSPS) is 18.4. The van der Waals surface area contributed by atoms with E-state index in [9.17, 15) is 0 Å². The molecule has 0 N–H and O–H groups in total. The molecule has 1 fully saturated rings. The summed E-state index contributed by atoms with van der Waals surface area (Å²) < 4.78 is 2.29. The molecule has 0 atom stereocenters. The van der Waals surface area contributed by atoms with Crippen molar-refractivity contribution >= 4 is 11.8 Å². The van der Waals surface area contributed by atoms with E-state index < -0.39 is 0 Å². The smallest absolute Gasteiger partial charge is 0.176 e. The van der Waals surface area contributed by atoms with Gasteiger partial charge in [0.05, 0.1) is 11.5 Å². The molecule has 0 radical (unpaired) electrons. The lowest BCUT2D eigenvalue weighted by Crippen LogP contribution is -2.45. The maximum Gasteiger partial charge on any atom is 0.176 e. The van der Waals surface area contributed by atoms with Crippen molar-refractivity contribution in [3.63, 3.8) is 0 Å². The Hall–Kier alpha value is -0.500. The average Bonchev–Trinajstić information content (AvgIpc) is 1.86. The second-order valence-corrected chi connectivity index (χ2v) is 3.59. The average molecular weight is 152 g/mol. The van der Waals surface area contributed by atoms with Crippen molar-refractivity contribution in [1.82, 2.24) is 0 Å². The van der Waals surface area contributed by atoms with Gasteiger partial charge in [0.15, 0.2) is 18.4 Å². The zero-order valence-electron chi connectivity index (χ0n) is 5.73. The molecule has 1 saturated heterocycles. The number of aromatic nitrogens is 1. The first-order chi connectivity index (χ1) is 4.97. The van der Waals surface area contributed by atoms with Gasteiger partial charge in [-0.3, -0.25) is 0 Å². The second kappa shape index (κ2) is 2.62. The molecule has 1 aliphatic rings. The second-order valence-electron chi connectivity index (χ2n) is 2.51. The summed E-state index contributed by atoms with van der Waals surface area (Å²) in [5.41, 5.74) is 0. The summed E-state index contributed by atoms with van der Waals surface area (Å²) in [4.78, 5) is 0. The van der Waals surface area contributed by atoms with Crippen molar-refractivity contribution in [3.05, 3.63) is 30.6 Å². The standard InChI is InChI=1S/C8H10NS/c1-2-4-9(5-3-1)8-6-10-7-8/h1-5,8H,6-7H2/q+1. The van der Waals surface area contributed by atoms with Crippen LogP contribution in [0, 0.1) is 0 Å². The Labute approximate surface area is 65.1 Å². The Bertz CT molecular complexity index is 206. The molecule has 1 nitrogen and oxygen atoms in total. The summed E-state index contributed by atoms with van der Waals surface area (Å²) in [7, 11) is 0. The van der Waals surface area contributed by atoms with E-state index in [0.717, 1.165) is 6.04 Å². The lowest BCUT2D eigenvalue weighted by Gasteiger charge is -2.18. The summed E-state index contributed by atoms with van der Waals surface area (Å²) in [6, 6.07) is 7.00. The molecule has 2 rings (SSSR count). The van der Waals surface area contributed by atoms with E-state index in [1.165, 1.54) is 11.5 Å². The highest BCUT2D eigenvalue weighted by Gasteiger charge is 2.25. The maximum atomic E-state index is 2.29. The third-order valence-electron chi connectivity index (χ3n) is 1.78. The number of rotatable bonds is 1. The van der Waals surface area contributed by atoms with Crippen LogP contribution in [0.5, 0.6) is 0 Å². The van der Waals surface area contributed by atoms with Gasteiger partial charge in [-0.2, -0.15) is 0 Å². The fourth-order valence-electron chi connectivity index (χ4n) is 1.05. The van der Waals surface area contributed by atoms with Crippen molar-refractivity contribution in [2.75, 3.05) is 11.5 Å². The van der Waals surface area contributed by atoms with E-state index >= 15 is 0 Å². The highest BCUT2D eigenvalue weighted by atomic mass is 32.2. The van der Waals surface area contributed by atoms with Crippen molar-refractivity contribution < 1.29 is 4.57 Å². The van der Waals surface area contributed by atoms with Gasteiger partial charge in [-0.1, -0.05) is 6.07 Å². The summed E-state index contributed by atoms with van der Waals surface area (Å²) in [6.07, 6.45) is 4.29. The lowest BCUT2D eigenvalue weighted by atomic mass is 10.3. The van der Waals surface area contributed by atoms with Crippen molar-refractivity contribution in [2.45, 2.75) is 6.04 Å². The van der Waals surface area contributed by atoms with Gasteiger partial charge < -0.3 is 0 Å². The Morgan fingerprint density at radius 2 is 1.80 bits per heavy atom. The van der Waals surface area contributed by atoms with Crippen LogP contribution in [0.1, 0.15) is 6.04 Å². The van der Waals surface area contributed by atoms with Crippen LogP contribution in [0.3, 0.4) is 0 Å². The van der Waals surface area contributed by atoms with Crippen LogP contribution in [0.4, 0.5) is 0 Å². The molecule has 1 aromatic heterocycles. The van der Waals surface area contributed by atoms with Crippen LogP contribution in [0.25, 0.3) is 0 Å². The van der Waals surface area contributed by atoms with Crippen LogP contribution < -0.4 is 4.57 Å². The third-order valence-corrected chi connectivity index (χ3v) is 3.02. The van der Waals surface area contributed by atoms with Gasteiger partial charge in [0, 0.05) is 12.1 Å². The van der Waals surface area contributed by atoms with Gasteiger partial charge in [0.2, 0.25) is 0 Å². The summed E-state index contributed by atoms with van der Waals surface area (Å²) in [5, 5.41) is 0. The summed E-state index contributed by atoms with van der Waals surface area (Å²) in [5.74, 6) is 2.57. The maximum absolute atomic E-state index is 2.29. The Morgan fingerprint density at radius 3 is 2.30 bits per heavy atom. The zero-order chi connectivity index (χ0) is 6.81. The first-order valence-electron chi connectivity index (χ1n) is 3.50. The summed E-state index contributed by atoms with van der Waals surface area (Å²) >= 11 is 2.02. The Balaban J connectivity index is 2.18. The minimum Gasteiger partial charge on any atom is -0.201 e. The molecule has 1 aliphatic heterocycles. The van der Waals surface area contributed by atoms with Crippen LogP contribution in [0.15, 0.2) is 30.6 Å². The number of hydrogen-bond donors (Lipinski definition) is 0. The largest absolute Gasteiger partial charge is 0.201 e. The molecule has 2 heterocycles. The van der Waals surface area contributed by atoms with Crippen molar-refractivity contribution in [1.29, 1.82) is 0 Å². The molecule has 2 heteroatoms. The van der Waals surface area contributed by atoms with Gasteiger partial charge in [-0.15, -0.1) is 11.8 Å². The molecule has 0 aromatic carbocycles. The highest BCUT2D eigenvalue weighted by Crippen LogP contribution is 2.23. The minimum atomic E-state index is 0.770. The molecule has 0 saturated carbocycles. The SMILES string of the molecule is c1cc[n+](C2CSC2)cc1. The minimum absolute atomic E-state index is 0.770. The van der Waals surface area contributed by atoms with Crippen molar-refractivity contribution in [2.24, 2.45) is 0 Å². The molecular weight excluding hydrogens is 142 g/mol. The number of thioether (sulfide) groups is 1. The number of pyridine rings is 1. The van der Waals surface area contributed by atoms with Crippen LogP contribution >= 0.6 is 11.8 Å². The molecule has 0 aliphatic carbocycles. The molecule has 0 unspecified atom stereocenters. The van der Waals surface area contributed by atoms with E-state index in [1.807, 2.05) is 11.8 Å². The zero-order valence-corrected chi connectivity index (χ0v) is 6.55. The van der Waals surface area contributed by atoms with Crippen LogP contribution in [0.2, 0.25) is 0 Å². The predicted molar refractivity (Wildman–Crippen MR) is 43.0 cm³/mol. The van der Waals surface area contributed by atoms with Crippen molar-refractivity contribution in [3.8, 4) is 0 Å². The van der Waals surface area contributed by atoms with E-state index in [1.54, 1.807) is 0 Å². The van der Waals surface area contributed by atoms with Gasteiger partial charge in [-0.25, -0.2) is 4.57 Å². The number of hydrogen-bond acceptors (Lipinski definition) is 1. The van der Waals surface area contributed by atoms with Gasteiger partial charge in [0.1, 0.15) is 0 Å². The van der Waals surface area contributed by atoms with Gasteiger partial charge in [-0.05, 0) is 0 Å². The molecule has 1 aromatic rings. The van der Waals surface area contributed by atoms with E-state index in [2.05, 4.69) is 35.2 Å². The molecule has 0 bridgehead atoms. The first kappa shape index (κ1) is 6.23. The van der Waals surface area contributed by atoms with E-state index in [0.29, 0.717) is 0 Å². The van der Waals surface area contributed by atoms with E-state index in [4.69, 9.17) is 0 Å². The molecule has 0 spiro atoms. The van der Waals surface area contributed by atoms with Gasteiger partial charge >= 0.3 is 0 Å². The van der Waals surface area contributed by atoms with Crippen LogP contribution in [-0.2, 0) is 0 Å². The topological polar surface area (TPSA) is 3.88 Å². The Morgan fingerprint density at radius 1 is 1.10 bits per heavy atom. The lowest BCUT2D eigenvalue weighted by molar-refractivity contribution is -0.716.